The van der Waals surface area contributed by atoms with Gasteiger partial charge < -0.3 is 4.99 Å². The van der Waals surface area contributed by atoms with Crippen LogP contribution in [-0.2, 0) is 0 Å². The van der Waals surface area contributed by atoms with Crippen molar-refractivity contribution in [1.82, 2.24) is 0 Å². The predicted molar refractivity (Wildman–Crippen MR) is 51.1 cm³/mol. The van der Waals surface area contributed by atoms with Crippen LogP contribution in [-0.4, -0.2) is 6.21 Å². The molecule has 1 aliphatic heterocycles. The number of para-hydroxylation sites is 1. The van der Waals surface area contributed by atoms with Gasteiger partial charge in [0.1, 0.15) is 0 Å². The van der Waals surface area contributed by atoms with E-state index in [-0.39, 0.29) is 0 Å². The monoisotopic (exact) mass is 425 g/mol. The SMILES string of the molecule is CC1[C-]=Nc2ccccc2C1C.[Rf]. The van der Waals surface area contributed by atoms with E-state index in [9.17, 15) is 0 Å². The van der Waals surface area contributed by atoms with Crippen molar-refractivity contribution < 1.29 is 0 Å². The standard InChI is InChI=1S/C11H12N.Rf/c1-8-7-12-11-6-4-3-5-10(11)9(8)2;/h3-6,8-9H,1-2H3;/q-1;. The van der Waals surface area contributed by atoms with Gasteiger partial charge in [-0.05, 0) is 5.92 Å². The fourth-order valence-electron chi connectivity index (χ4n) is 1.53. The summed E-state index contributed by atoms with van der Waals surface area (Å²) in [4.78, 5) is 4.27. The molecule has 1 aliphatic rings. The Hall–Kier alpha value is -2.11. The Bertz CT molecular complexity index is 320. The summed E-state index contributed by atoms with van der Waals surface area (Å²) in [5.41, 5.74) is 2.44. The first-order valence-electron chi connectivity index (χ1n) is 4.34. The van der Waals surface area contributed by atoms with Crippen molar-refractivity contribution in [3.8, 4) is 0 Å². The summed E-state index contributed by atoms with van der Waals surface area (Å²) >= 11 is 0. The van der Waals surface area contributed by atoms with Crippen molar-refractivity contribution in [3.63, 3.8) is 0 Å². The van der Waals surface area contributed by atoms with E-state index in [1.165, 1.54) is 5.56 Å². The molecule has 1 nitrogen and oxygen atoms in total. The van der Waals surface area contributed by atoms with Gasteiger partial charge in [-0.3, -0.25) is 0 Å². The Morgan fingerprint density at radius 2 is 1.92 bits per heavy atom. The first-order valence-corrected chi connectivity index (χ1v) is 4.34. The summed E-state index contributed by atoms with van der Waals surface area (Å²) in [5, 5.41) is 0. The van der Waals surface area contributed by atoms with Gasteiger partial charge in [-0.15, -0.1) is 11.6 Å². The summed E-state index contributed by atoms with van der Waals surface area (Å²) in [6, 6.07) is 8.29. The molecule has 0 radical (unpaired) electrons. The van der Waals surface area contributed by atoms with Crippen molar-refractivity contribution in [2.24, 2.45) is 10.9 Å². The van der Waals surface area contributed by atoms with Crippen LogP contribution in [0.3, 0.4) is 0 Å². The van der Waals surface area contributed by atoms with Gasteiger partial charge in [0.15, 0.2) is 0 Å². The zero-order chi connectivity index (χ0) is 8.55. The predicted octanol–water partition coefficient (Wildman–Crippen LogP) is 3.02. The fourth-order valence-corrected chi connectivity index (χ4v) is 1.53. The molecule has 0 spiro atoms. The van der Waals surface area contributed by atoms with Gasteiger partial charge in [-0.25, -0.2) is 0 Å². The Kier molecular flexibility index (Phi) is 2.14. The van der Waals surface area contributed by atoms with E-state index < -0.39 is 0 Å². The fraction of sp³-hybridized carbons (Fsp3) is 0.364. The van der Waals surface area contributed by atoms with Crippen LogP contribution in [0.1, 0.15) is 25.3 Å². The number of benzene rings is 1. The van der Waals surface area contributed by atoms with E-state index in [4.69, 9.17) is 0 Å². The van der Waals surface area contributed by atoms with Gasteiger partial charge in [-0.1, -0.05) is 43.7 Å². The number of aliphatic imine (C=N–C) groups is 1. The first-order chi connectivity index (χ1) is 5.79. The third-order valence-corrected chi connectivity index (χ3v) is 2.57. The van der Waals surface area contributed by atoms with E-state index in [0.29, 0.717) is 11.8 Å². The molecule has 0 saturated carbocycles. The van der Waals surface area contributed by atoms with Crippen LogP contribution in [0.5, 0.6) is 0 Å². The maximum Gasteiger partial charge on any atom is 0 e. The molecule has 1 aromatic rings. The van der Waals surface area contributed by atoms with Gasteiger partial charge in [-0.2, -0.15) is 6.21 Å². The van der Waals surface area contributed by atoms with Crippen molar-refractivity contribution in [1.29, 1.82) is 0 Å². The Morgan fingerprint density at radius 1 is 1.23 bits per heavy atom. The molecule has 64 valence electrons. The minimum atomic E-state index is 0. The Labute approximate surface area is 73.1 Å². The maximum absolute atomic E-state index is 4.27. The summed E-state index contributed by atoms with van der Waals surface area (Å²) < 4.78 is 0. The molecule has 0 bridgehead atoms. The van der Waals surface area contributed by atoms with Crippen molar-refractivity contribution in [2.45, 2.75) is 19.8 Å². The van der Waals surface area contributed by atoms with Crippen LogP contribution in [0, 0.1) is 5.92 Å². The van der Waals surface area contributed by atoms with Gasteiger partial charge >= 0.3 is 0 Å². The molecule has 0 fully saturated rings. The molecule has 2 unspecified atom stereocenters. The van der Waals surface area contributed by atoms with Gasteiger partial charge in [0.2, 0.25) is 0 Å². The van der Waals surface area contributed by atoms with Gasteiger partial charge in [0, 0.05) is 0 Å². The topological polar surface area (TPSA) is 12.4 Å². The van der Waals surface area contributed by atoms with Crippen molar-refractivity contribution in [2.75, 3.05) is 0 Å². The van der Waals surface area contributed by atoms with Crippen LogP contribution >= 0.6 is 0 Å². The second kappa shape index (κ2) is 3.10. The molecule has 0 amide bonds. The van der Waals surface area contributed by atoms with Crippen LogP contribution < -0.4 is 0 Å². The molecule has 0 N–H and O–H groups in total. The first kappa shape index (κ1) is 8.98. The number of hydrogen-bond donors (Lipinski definition) is 0. The second-order valence-corrected chi connectivity index (χ2v) is 3.38. The van der Waals surface area contributed by atoms with Crippen molar-refractivity contribution >= 4 is 11.9 Å². The Morgan fingerprint density at radius 3 is 2.69 bits per heavy atom. The number of rotatable bonds is 0. The summed E-state index contributed by atoms with van der Waals surface area (Å²) in [6.45, 7) is 4.38. The molecule has 13 heavy (non-hydrogen) atoms. The number of hydrogen-bond acceptors (Lipinski definition) is 1. The maximum atomic E-state index is 4.27. The zero-order valence-corrected chi connectivity index (χ0v) is 14.5. The molecule has 0 saturated heterocycles. The van der Waals surface area contributed by atoms with Gasteiger partial charge in [0.05, 0.1) is 0 Å². The molecule has 2 rings (SSSR count). The summed E-state index contributed by atoms with van der Waals surface area (Å²) in [5.74, 6) is 0.999. The molecule has 1 aromatic carbocycles. The quantitative estimate of drug-likeness (QED) is 0.567. The van der Waals surface area contributed by atoms with E-state index in [1.54, 1.807) is 0 Å². The molecular formula is C11H12NRf-. The summed E-state index contributed by atoms with van der Waals surface area (Å²) in [7, 11) is 0. The average Bonchev–Trinajstić information content (AvgIpc) is 2.12. The molecule has 2 atom stereocenters. The summed E-state index contributed by atoms with van der Waals surface area (Å²) in [6.07, 6.45) is 3.11. The van der Waals surface area contributed by atoms with E-state index in [1.807, 2.05) is 12.1 Å². The average molecular weight is 425 g/mol. The molecule has 0 aliphatic carbocycles. The zero-order valence-electron chi connectivity index (χ0n) is 8.12. The smallest absolute Gasteiger partial charge is 0 e. The van der Waals surface area contributed by atoms with E-state index in [2.05, 4.69) is 37.2 Å². The third kappa shape index (κ3) is 1.28. The van der Waals surface area contributed by atoms with Crippen molar-refractivity contribution in [3.05, 3.63) is 29.8 Å². The number of nitrogens with zero attached hydrogens (tertiary/aromatic N) is 1. The van der Waals surface area contributed by atoms with Crippen LogP contribution in [0.15, 0.2) is 29.3 Å². The van der Waals surface area contributed by atoms with Gasteiger partial charge in [0.25, 0.3) is 0 Å². The number of fused-ring (bicyclic) bond motifs is 1. The second-order valence-electron chi connectivity index (χ2n) is 3.38. The molecule has 0 aromatic heterocycles. The minimum absolute atomic E-state index is 0. The van der Waals surface area contributed by atoms with Crippen LogP contribution in [0.25, 0.3) is 0 Å². The van der Waals surface area contributed by atoms with E-state index in [0.717, 1.165) is 5.69 Å². The molecule has 1 heterocycles. The molecular weight excluding hydrogens is 413 g/mol. The largest absolute Gasteiger partial charge is 0.455 e. The van der Waals surface area contributed by atoms with Crippen LogP contribution in [0.2, 0.25) is 0 Å². The normalized spacial score (nSPS) is 24.8. The third-order valence-electron chi connectivity index (χ3n) is 2.57. The minimum Gasteiger partial charge on any atom is -0.455 e. The van der Waals surface area contributed by atoms with E-state index >= 15 is 0 Å². The Balaban J connectivity index is 0.000000845. The molecule has 2 heteroatoms. The van der Waals surface area contributed by atoms with Crippen LogP contribution in [0.4, 0.5) is 5.69 Å².